The van der Waals surface area contributed by atoms with E-state index >= 15 is 0 Å². The maximum absolute atomic E-state index is 13.6. The number of amides is 1. The van der Waals surface area contributed by atoms with Gasteiger partial charge in [-0.05, 0) is 90.3 Å². The summed E-state index contributed by atoms with van der Waals surface area (Å²) in [6, 6.07) is 11.4. The molecule has 0 saturated heterocycles. The van der Waals surface area contributed by atoms with Gasteiger partial charge in [0, 0.05) is 24.5 Å². The topological polar surface area (TPSA) is 129 Å². The summed E-state index contributed by atoms with van der Waals surface area (Å²) in [5, 5.41) is 20.5. The van der Waals surface area contributed by atoms with Crippen LogP contribution in [0.3, 0.4) is 0 Å². The van der Waals surface area contributed by atoms with Gasteiger partial charge < -0.3 is 19.8 Å². The molecule has 0 aliphatic heterocycles. The predicted octanol–water partition coefficient (Wildman–Crippen LogP) is 4.36. The highest BCUT2D eigenvalue weighted by atomic mass is 32.2. The molecule has 0 radical (unpaired) electrons. The molecule has 1 aliphatic carbocycles. The SMILES string of the molecule is CNC(=O)c1c(-c2ccc(F)cc2)oc2cc(C(C)S(=O)(=O)NCc3ccc(B(O)O)c(C(F)(F)F)c3)c(C3CC3)cc12. The van der Waals surface area contributed by atoms with Gasteiger partial charge in [0.1, 0.15) is 17.2 Å². The highest BCUT2D eigenvalue weighted by Crippen LogP contribution is 2.47. The standard InChI is InChI=1S/C29H27BF4N2O6S/c1-15(43(40,41)36-14-16-3-10-24(30(38)39)23(11-16)29(32,33)34)20-13-25-22(12-21(20)17-4-5-17)26(28(37)35-2)27(42-25)18-6-8-19(31)9-7-18/h3,6-13,15,17,36,38-39H,4-5,14H2,1-2H3,(H,35,37). The number of benzene rings is 3. The van der Waals surface area contributed by atoms with Crippen molar-refractivity contribution in [3.63, 3.8) is 0 Å². The molecule has 4 aromatic rings. The van der Waals surface area contributed by atoms with Gasteiger partial charge in [0.15, 0.2) is 0 Å². The molecular formula is C29H27BF4N2O6S. The van der Waals surface area contributed by atoms with Crippen LogP contribution in [0.15, 0.2) is 59.0 Å². The summed E-state index contributed by atoms with van der Waals surface area (Å²) in [6.45, 7) is 0.972. The molecule has 4 N–H and O–H groups in total. The molecule has 1 unspecified atom stereocenters. The summed E-state index contributed by atoms with van der Waals surface area (Å²) in [4.78, 5) is 12.9. The fourth-order valence-corrected chi connectivity index (χ4v) is 6.25. The number of hydrogen-bond acceptors (Lipinski definition) is 6. The first kappa shape index (κ1) is 30.7. The molecule has 226 valence electrons. The number of furan rings is 1. The van der Waals surface area contributed by atoms with Gasteiger partial charge in [0.2, 0.25) is 10.0 Å². The molecule has 0 bridgehead atoms. The van der Waals surface area contributed by atoms with E-state index in [2.05, 4.69) is 10.0 Å². The van der Waals surface area contributed by atoms with Crippen molar-refractivity contribution < 1.29 is 45.2 Å². The number of carbonyl (C=O) groups is 1. The smallest absolute Gasteiger partial charge is 0.455 e. The van der Waals surface area contributed by atoms with E-state index in [4.69, 9.17) is 4.42 Å². The molecule has 1 aromatic heterocycles. The highest BCUT2D eigenvalue weighted by Gasteiger charge is 2.37. The van der Waals surface area contributed by atoms with Crippen LogP contribution >= 0.6 is 0 Å². The first-order valence-corrected chi connectivity index (χ1v) is 14.9. The number of rotatable bonds is 9. The minimum atomic E-state index is -4.89. The highest BCUT2D eigenvalue weighted by molar-refractivity contribution is 7.89. The Bertz CT molecular complexity index is 1800. The van der Waals surface area contributed by atoms with E-state index in [1.165, 1.54) is 44.3 Å². The van der Waals surface area contributed by atoms with Gasteiger partial charge in [0.05, 0.1) is 16.4 Å². The summed E-state index contributed by atoms with van der Waals surface area (Å²) in [5.41, 5.74) is -0.0143. The van der Waals surface area contributed by atoms with Crippen LogP contribution < -0.4 is 15.5 Å². The summed E-state index contributed by atoms with van der Waals surface area (Å²) in [5.74, 6) is -0.667. The number of alkyl halides is 3. The van der Waals surface area contributed by atoms with Crippen LogP contribution in [0.1, 0.15) is 63.5 Å². The molecule has 1 saturated carbocycles. The van der Waals surface area contributed by atoms with E-state index in [0.29, 0.717) is 28.1 Å². The second-order valence-corrected chi connectivity index (χ2v) is 12.5. The fourth-order valence-electron chi connectivity index (χ4n) is 5.09. The summed E-state index contributed by atoms with van der Waals surface area (Å²) in [7, 11) is -5.05. The molecule has 5 rings (SSSR count). The second kappa shape index (κ2) is 11.4. The van der Waals surface area contributed by atoms with E-state index in [1.807, 2.05) is 0 Å². The molecule has 43 heavy (non-hydrogen) atoms. The van der Waals surface area contributed by atoms with Crippen molar-refractivity contribution in [3.8, 4) is 11.3 Å². The second-order valence-electron chi connectivity index (χ2n) is 10.4. The van der Waals surface area contributed by atoms with Crippen LogP contribution in [0.5, 0.6) is 0 Å². The third-order valence-electron chi connectivity index (χ3n) is 7.55. The monoisotopic (exact) mass is 618 g/mol. The van der Waals surface area contributed by atoms with Crippen molar-refractivity contribution in [1.29, 1.82) is 0 Å². The van der Waals surface area contributed by atoms with Gasteiger partial charge in [0.25, 0.3) is 5.91 Å². The Morgan fingerprint density at radius 3 is 2.35 bits per heavy atom. The number of carbonyl (C=O) groups excluding carboxylic acids is 1. The number of nitrogens with one attached hydrogen (secondary N) is 2. The lowest BCUT2D eigenvalue weighted by Crippen LogP contribution is -2.36. The molecule has 1 amide bonds. The van der Waals surface area contributed by atoms with Gasteiger partial charge >= 0.3 is 13.3 Å². The van der Waals surface area contributed by atoms with Crippen molar-refractivity contribution >= 4 is 39.5 Å². The van der Waals surface area contributed by atoms with Crippen LogP contribution in [0.25, 0.3) is 22.3 Å². The van der Waals surface area contributed by atoms with E-state index in [9.17, 15) is 40.8 Å². The lowest BCUT2D eigenvalue weighted by molar-refractivity contribution is -0.136. The van der Waals surface area contributed by atoms with E-state index in [-0.39, 0.29) is 28.4 Å². The Kier molecular flexibility index (Phi) is 8.16. The van der Waals surface area contributed by atoms with Crippen LogP contribution in [0, 0.1) is 5.82 Å². The Hall–Kier alpha value is -3.72. The quantitative estimate of drug-likeness (QED) is 0.163. The first-order chi connectivity index (χ1) is 20.2. The predicted molar refractivity (Wildman–Crippen MR) is 152 cm³/mol. The Morgan fingerprint density at radius 2 is 1.77 bits per heavy atom. The van der Waals surface area contributed by atoms with E-state index in [0.717, 1.165) is 18.9 Å². The third-order valence-corrected chi connectivity index (χ3v) is 9.29. The number of halogens is 4. The summed E-state index contributed by atoms with van der Waals surface area (Å²) in [6.07, 6.45) is -3.28. The van der Waals surface area contributed by atoms with Gasteiger partial charge in [-0.3, -0.25) is 4.79 Å². The molecule has 3 aromatic carbocycles. The zero-order valence-corrected chi connectivity index (χ0v) is 23.8. The van der Waals surface area contributed by atoms with Gasteiger partial charge in [-0.1, -0.05) is 12.1 Å². The third kappa shape index (κ3) is 6.18. The Labute approximate surface area is 244 Å². The molecule has 1 atom stereocenters. The molecule has 0 spiro atoms. The largest absolute Gasteiger partial charge is 0.489 e. The van der Waals surface area contributed by atoms with Gasteiger partial charge in [-0.2, -0.15) is 13.2 Å². The number of hydrogen-bond donors (Lipinski definition) is 4. The maximum atomic E-state index is 13.6. The van der Waals surface area contributed by atoms with Crippen molar-refractivity contribution in [2.45, 2.75) is 43.7 Å². The van der Waals surface area contributed by atoms with Crippen molar-refractivity contribution in [2.75, 3.05) is 7.05 Å². The normalized spacial score (nSPS) is 14.6. The Balaban J connectivity index is 1.52. The average Bonchev–Trinajstić information content (AvgIpc) is 3.74. The lowest BCUT2D eigenvalue weighted by atomic mass is 9.76. The summed E-state index contributed by atoms with van der Waals surface area (Å²) < 4.78 is 89.3. The number of sulfonamides is 1. The zero-order chi connectivity index (χ0) is 31.3. The number of fused-ring (bicyclic) bond motifs is 1. The summed E-state index contributed by atoms with van der Waals surface area (Å²) >= 11 is 0. The fraction of sp³-hybridized carbons (Fsp3) is 0.276. The van der Waals surface area contributed by atoms with Crippen molar-refractivity contribution in [1.82, 2.24) is 10.0 Å². The maximum Gasteiger partial charge on any atom is 0.489 e. The molecule has 1 aliphatic rings. The lowest BCUT2D eigenvalue weighted by Gasteiger charge is -2.19. The molecule has 1 heterocycles. The molecule has 8 nitrogen and oxygen atoms in total. The Morgan fingerprint density at radius 1 is 1.09 bits per heavy atom. The van der Waals surface area contributed by atoms with Crippen LogP contribution in [-0.2, 0) is 22.7 Å². The van der Waals surface area contributed by atoms with Crippen LogP contribution in [-0.4, -0.2) is 38.5 Å². The molecular weight excluding hydrogens is 591 g/mol. The van der Waals surface area contributed by atoms with Crippen molar-refractivity contribution in [3.05, 3.63) is 88.2 Å². The first-order valence-electron chi connectivity index (χ1n) is 13.3. The van der Waals surface area contributed by atoms with Gasteiger partial charge in [-0.15, -0.1) is 0 Å². The van der Waals surface area contributed by atoms with Crippen LogP contribution in [0.2, 0.25) is 0 Å². The van der Waals surface area contributed by atoms with Crippen LogP contribution in [0.4, 0.5) is 17.6 Å². The minimum absolute atomic E-state index is 0.0319. The van der Waals surface area contributed by atoms with E-state index < -0.39 is 57.9 Å². The molecule has 14 heteroatoms. The van der Waals surface area contributed by atoms with Crippen molar-refractivity contribution in [2.24, 2.45) is 0 Å². The minimum Gasteiger partial charge on any atom is -0.455 e. The van der Waals surface area contributed by atoms with Gasteiger partial charge in [-0.25, -0.2) is 17.5 Å². The molecule has 1 fully saturated rings. The van der Waals surface area contributed by atoms with E-state index in [1.54, 1.807) is 12.1 Å². The zero-order valence-electron chi connectivity index (χ0n) is 23.0. The average molecular weight is 618 g/mol.